The van der Waals surface area contributed by atoms with Gasteiger partial charge in [0.2, 0.25) is 5.22 Å². The summed E-state index contributed by atoms with van der Waals surface area (Å²) in [6.07, 6.45) is -2.10. The van der Waals surface area contributed by atoms with Crippen molar-refractivity contribution in [3.63, 3.8) is 0 Å². The Morgan fingerprint density at radius 2 is 1.95 bits per heavy atom. The summed E-state index contributed by atoms with van der Waals surface area (Å²) in [7, 11) is 0. The summed E-state index contributed by atoms with van der Waals surface area (Å²) in [5, 5.41) is 2.67. The normalized spacial score (nSPS) is 24.2. The lowest BCUT2D eigenvalue weighted by atomic mass is 9.85. The van der Waals surface area contributed by atoms with Crippen LogP contribution in [0, 0.1) is 5.92 Å². The van der Waals surface area contributed by atoms with Crippen LogP contribution in [0.25, 0.3) is 0 Å². The molecule has 1 amide bonds. The van der Waals surface area contributed by atoms with E-state index in [1.807, 2.05) is 0 Å². The van der Waals surface area contributed by atoms with E-state index in [0.717, 1.165) is 0 Å². The van der Waals surface area contributed by atoms with Crippen molar-refractivity contribution in [2.45, 2.75) is 37.9 Å². The molecule has 0 saturated heterocycles. The summed E-state index contributed by atoms with van der Waals surface area (Å²) in [5.41, 5.74) is 0.208. The number of hydrogen-bond donors (Lipinski definition) is 1. The fraction of sp³-hybridized carbons (Fsp3) is 0.583. The lowest BCUT2D eigenvalue weighted by molar-refractivity contribution is -0.182. The van der Waals surface area contributed by atoms with Crippen LogP contribution >= 0.6 is 11.6 Å². The molecule has 0 unspecified atom stereocenters. The van der Waals surface area contributed by atoms with Crippen molar-refractivity contribution in [2.75, 3.05) is 0 Å². The molecule has 0 spiro atoms. The highest BCUT2D eigenvalue weighted by Gasteiger charge is 2.41. The van der Waals surface area contributed by atoms with Crippen LogP contribution in [0.4, 0.5) is 13.2 Å². The third-order valence-electron chi connectivity index (χ3n) is 3.39. The number of carbonyl (C=O) groups is 1. The molecular weight excluding hydrogens is 283 g/mol. The smallest absolute Gasteiger partial charge is 0.391 e. The van der Waals surface area contributed by atoms with Crippen LogP contribution in [0.5, 0.6) is 0 Å². The quantitative estimate of drug-likeness (QED) is 0.902. The van der Waals surface area contributed by atoms with Crippen LogP contribution < -0.4 is 5.32 Å². The SMILES string of the molecule is O=C(NC1CCC(C(F)(F)F)CC1)c1ccoc1Cl. The first-order valence-electron chi connectivity index (χ1n) is 5.98. The van der Waals surface area contributed by atoms with Crippen LogP contribution in [0.1, 0.15) is 36.0 Å². The zero-order valence-electron chi connectivity index (χ0n) is 9.97. The summed E-state index contributed by atoms with van der Waals surface area (Å²) in [6.45, 7) is 0. The molecule has 0 radical (unpaired) electrons. The Hall–Kier alpha value is -1.17. The molecule has 1 N–H and O–H groups in total. The minimum atomic E-state index is -4.14. The topological polar surface area (TPSA) is 42.2 Å². The molecule has 0 aromatic carbocycles. The van der Waals surface area contributed by atoms with Gasteiger partial charge in [-0.1, -0.05) is 0 Å². The Balaban J connectivity index is 1.86. The van der Waals surface area contributed by atoms with E-state index >= 15 is 0 Å². The average molecular weight is 296 g/mol. The minimum absolute atomic E-state index is 0.0125. The molecule has 106 valence electrons. The highest BCUT2D eigenvalue weighted by atomic mass is 35.5. The Morgan fingerprint density at radius 1 is 1.32 bits per heavy atom. The Labute approximate surface area is 113 Å². The molecule has 0 aliphatic heterocycles. The predicted octanol–water partition coefficient (Wildman–Crippen LogP) is 3.78. The van der Waals surface area contributed by atoms with E-state index in [9.17, 15) is 18.0 Å². The maximum absolute atomic E-state index is 12.5. The lowest BCUT2D eigenvalue weighted by Gasteiger charge is -2.30. The second-order valence-electron chi connectivity index (χ2n) is 4.67. The zero-order chi connectivity index (χ0) is 14.0. The largest absolute Gasteiger partial charge is 0.452 e. The van der Waals surface area contributed by atoms with Crippen molar-refractivity contribution >= 4 is 17.5 Å². The van der Waals surface area contributed by atoms with Crippen LogP contribution in [0.15, 0.2) is 16.7 Å². The Kier molecular flexibility index (Phi) is 4.08. The van der Waals surface area contributed by atoms with E-state index in [4.69, 9.17) is 16.0 Å². The van der Waals surface area contributed by atoms with Gasteiger partial charge in [-0.3, -0.25) is 4.79 Å². The number of carbonyl (C=O) groups excluding carboxylic acids is 1. The fourth-order valence-electron chi connectivity index (χ4n) is 2.28. The van der Waals surface area contributed by atoms with Gasteiger partial charge in [0.15, 0.2) is 0 Å². The molecule has 0 atom stereocenters. The van der Waals surface area contributed by atoms with Crippen molar-refractivity contribution in [3.05, 3.63) is 23.1 Å². The first-order valence-corrected chi connectivity index (χ1v) is 6.36. The predicted molar refractivity (Wildman–Crippen MR) is 63.0 cm³/mol. The first-order chi connectivity index (χ1) is 8.88. The molecule has 3 nitrogen and oxygen atoms in total. The van der Waals surface area contributed by atoms with Gasteiger partial charge in [0, 0.05) is 6.04 Å². The summed E-state index contributed by atoms with van der Waals surface area (Å²) >= 11 is 5.66. The van der Waals surface area contributed by atoms with Crippen molar-refractivity contribution < 1.29 is 22.4 Å². The molecule has 1 aromatic rings. The average Bonchev–Trinajstić information content (AvgIpc) is 2.75. The van der Waals surface area contributed by atoms with Gasteiger partial charge < -0.3 is 9.73 Å². The fourth-order valence-corrected chi connectivity index (χ4v) is 2.48. The van der Waals surface area contributed by atoms with E-state index in [-0.39, 0.29) is 29.7 Å². The number of rotatable bonds is 2. The van der Waals surface area contributed by atoms with Gasteiger partial charge in [-0.05, 0) is 43.4 Å². The third kappa shape index (κ3) is 3.43. The van der Waals surface area contributed by atoms with Gasteiger partial charge in [0.05, 0.1) is 17.7 Å². The van der Waals surface area contributed by atoms with E-state index in [1.54, 1.807) is 0 Å². The maximum Gasteiger partial charge on any atom is 0.391 e. The monoisotopic (exact) mass is 295 g/mol. The first kappa shape index (κ1) is 14.2. The summed E-state index contributed by atoms with van der Waals surface area (Å²) in [4.78, 5) is 11.8. The Morgan fingerprint density at radius 3 is 2.42 bits per heavy atom. The zero-order valence-corrected chi connectivity index (χ0v) is 10.7. The lowest BCUT2D eigenvalue weighted by Crippen LogP contribution is -2.40. The van der Waals surface area contributed by atoms with Crippen LogP contribution in [-0.2, 0) is 0 Å². The standard InChI is InChI=1S/C12H13ClF3NO2/c13-10-9(5-6-19-10)11(18)17-8-3-1-7(2-4-8)12(14,15)16/h5-8H,1-4H2,(H,17,18). The van der Waals surface area contributed by atoms with Crippen LogP contribution in [0.2, 0.25) is 5.22 Å². The number of furan rings is 1. The van der Waals surface area contributed by atoms with Gasteiger partial charge >= 0.3 is 6.18 Å². The second kappa shape index (κ2) is 5.45. The van der Waals surface area contributed by atoms with Crippen molar-refractivity contribution in [3.8, 4) is 0 Å². The molecule has 1 heterocycles. The molecule has 1 fully saturated rings. The van der Waals surface area contributed by atoms with Gasteiger partial charge in [-0.25, -0.2) is 0 Å². The number of hydrogen-bond acceptors (Lipinski definition) is 2. The Bertz CT molecular complexity index is 450. The summed E-state index contributed by atoms with van der Waals surface area (Å²) < 4.78 is 42.3. The molecule has 7 heteroatoms. The van der Waals surface area contributed by atoms with Crippen LogP contribution in [0.3, 0.4) is 0 Å². The minimum Gasteiger partial charge on any atom is -0.452 e. The highest BCUT2D eigenvalue weighted by Crippen LogP contribution is 2.37. The molecule has 19 heavy (non-hydrogen) atoms. The summed E-state index contributed by atoms with van der Waals surface area (Å²) in [6, 6.07) is 1.19. The molecule has 2 rings (SSSR count). The van der Waals surface area contributed by atoms with E-state index in [1.165, 1.54) is 12.3 Å². The highest BCUT2D eigenvalue weighted by molar-refractivity contribution is 6.32. The number of amides is 1. The van der Waals surface area contributed by atoms with Gasteiger partial charge in [-0.15, -0.1) is 0 Å². The van der Waals surface area contributed by atoms with E-state index in [0.29, 0.717) is 12.8 Å². The third-order valence-corrected chi connectivity index (χ3v) is 3.68. The van der Waals surface area contributed by atoms with E-state index < -0.39 is 18.0 Å². The number of alkyl halides is 3. The maximum atomic E-state index is 12.5. The van der Waals surface area contributed by atoms with Gasteiger partial charge in [-0.2, -0.15) is 13.2 Å². The van der Waals surface area contributed by atoms with Crippen molar-refractivity contribution in [1.82, 2.24) is 5.32 Å². The molecule has 1 aromatic heterocycles. The van der Waals surface area contributed by atoms with Crippen LogP contribution in [-0.4, -0.2) is 18.1 Å². The molecule has 0 bridgehead atoms. The van der Waals surface area contributed by atoms with Gasteiger partial charge in [0.25, 0.3) is 5.91 Å². The molecule has 1 saturated carbocycles. The number of nitrogens with one attached hydrogen (secondary N) is 1. The molecule has 1 aliphatic carbocycles. The van der Waals surface area contributed by atoms with E-state index in [2.05, 4.69) is 5.32 Å². The van der Waals surface area contributed by atoms with Crippen molar-refractivity contribution in [1.29, 1.82) is 0 Å². The van der Waals surface area contributed by atoms with Gasteiger partial charge in [0.1, 0.15) is 0 Å². The second-order valence-corrected chi connectivity index (χ2v) is 5.01. The molecule has 1 aliphatic rings. The summed E-state index contributed by atoms with van der Waals surface area (Å²) in [5.74, 6) is -1.66. The molecular formula is C12H13ClF3NO2. The van der Waals surface area contributed by atoms with Crippen molar-refractivity contribution in [2.24, 2.45) is 5.92 Å². The number of halogens is 4.